The molecule has 3 heterocycles. The first kappa shape index (κ1) is 17.4. The van der Waals surface area contributed by atoms with Gasteiger partial charge in [0.15, 0.2) is 5.82 Å². The zero-order valence-corrected chi connectivity index (χ0v) is 15.0. The number of ether oxygens (including phenoxy) is 1. The number of hydrogen-bond donors (Lipinski definition) is 1. The minimum atomic E-state index is -0.186. The van der Waals surface area contributed by atoms with Gasteiger partial charge in [0.2, 0.25) is 11.8 Å². The van der Waals surface area contributed by atoms with E-state index in [0.29, 0.717) is 35.7 Å². The Morgan fingerprint density at radius 1 is 1.26 bits per heavy atom. The predicted molar refractivity (Wildman–Crippen MR) is 94.5 cm³/mol. The van der Waals surface area contributed by atoms with Crippen molar-refractivity contribution in [1.82, 2.24) is 20.4 Å². The second kappa shape index (κ2) is 7.71. The highest BCUT2D eigenvalue weighted by atomic mass is 16.5. The average Bonchev–Trinajstić information content (AvgIpc) is 3.42. The summed E-state index contributed by atoms with van der Waals surface area (Å²) >= 11 is 0. The van der Waals surface area contributed by atoms with E-state index in [2.05, 4.69) is 20.4 Å². The van der Waals surface area contributed by atoms with Crippen LogP contribution in [-0.2, 0) is 22.5 Å². The average molecular weight is 368 g/mol. The molecule has 1 amide bonds. The van der Waals surface area contributed by atoms with E-state index < -0.39 is 0 Å². The van der Waals surface area contributed by atoms with E-state index in [0.717, 1.165) is 18.4 Å². The summed E-state index contributed by atoms with van der Waals surface area (Å²) in [5, 5.41) is 6.67. The summed E-state index contributed by atoms with van der Waals surface area (Å²) in [5.41, 5.74) is 1.49. The van der Waals surface area contributed by atoms with Crippen LogP contribution in [0.5, 0.6) is 0 Å². The third-order valence-corrected chi connectivity index (χ3v) is 4.37. The Morgan fingerprint density at radius 3 is 2.89 bits per heavy atom. The van der Waals surface area contributed by atoms with Gasteiger partial charge >= 0.3 is 0 Å². The van der Waals surface area contributed by atoms with Crippen LogP contribution in [-0.4, -0.2) is 27.6 Å². The fourth-order valence-electron chi connectivity index (χ4n) is 2.93. The van der Waals surface area contributed by atoms with Crippen molar-refractivity contribution in [3.63, 3.8) is 0 Å². The highest BCUT2D eigenvalue weighted by Gasteiger charge is 2.24. The van der Waals surface area contributed by atoms with Gasteiger partial charge < -0.3 is 19.0 Å². The van der Waals surface area contributed by atoms with Gasteiger partial charge in [0.1, 0.15) is 11.9 Å². The molecule has 8 nitrogen and oxygen atoms in total. The van der Waals surface area contributed by atoms with Crippen LogP contribution in [0.1, 0.15) is 42.1 Å². The highest BCUT2D eigenvalue weighted by molar-refractivity contribution is 5.78. The minimum Gasteiger partial charge on any atom is -0.441 e. The molecule has 0 radical (unpaired) electrons. The molecular weight excluding hydrogens is 348 g/mol. The number of rotatable bonds is 6. The number of carbonyl (C=O) groups excluding carboxylic acids is 1. The molecule has 1 atom stereocenters. The zero-order valence-electron chi connectivity index (χ0n) is 15.0. The van der Waals surface area contributed by atoms with Crippen molar-refractivity contribution in [1.29, 1.82) is 0 Å². The number of amides is 1. The maximum atomic E-state index is 12.2. The van der Waals surface area contributed by atoms with Crippen molar-refractivity contribution < 1.29 is 18.5 Å². The van der Waals surface area contributed by atoms with Crippen LogP contribution in [0.15, 0.2) is 39.3 Å². The first-order valence-electron chi connectivity index (χ1n) is 8.91. The molecule has 1 aliphatic rings. The molecule has 0 spiro atoms. The van der Waals surface area contributed by atoms with E-state index in [4.69, 9.17) is 13.7 Å². The van der Waals surface area contributed by atoms with E-state index in [1.807, 2.05) is 30.3 Å². The Hall–Kier alpha value is -3.00. The summed E-state index contributed by atoms with van der Waals surface area (Å²) in [5.74, 6) is 1.85. The number of benzene rings is 1. The Bertz CT molecular complexity index is 913. The fourth-order valence-corrected chi connectivity index (χ4v) is 2.93. The smallest absolute Gasteiger partial charge is 0.255 e. The van der Waals surface area contributed by atoms with Gasteiger partial charge in [0, 0.05) is 12.2 Å². The molecule has 1 fully saturated rings. The summed E-state index contributed by atoms with van der Waals surface area (Å²) in [4.78, 5) is 21.0. The third-order valence-electron chi connectivity index (χ3n) is 4.37. The maximum Gasteiger partial charge on any atom is 0.255 e. The van der Waals surface area contributed by atoms with Gasteiger partial charge in [0.05, 0.1) is 18.7 Å². The van der Waals surface area contributed by atoms with E-state index >= 15 is 0 Å². The number of aryl methyl sites for hydroxylation is 1. The Labute approximate surface area is 155 Å². The number of aromatic nitrogens is 3. The van der Waals surface area contributed by atoms with Gasteiger partial charge in [-0.15, -0.1) is 0 Å². The lowest BCUT2D eigenvalue weighted by atomic mass is 10.2. The molecule has 0 unspecified atom stereocenters. The minimum absolute atomic E-state index is 0.124. The van der Waals surface area contributed by atoms with Crippen LogP contribution in [0.2, 0.25) is 0 Å². The second-order valence-electron chi connectivity index (χ2n) is 6.39. The van der Waals surface area contributed by atoms with Crippen molar-refractivity contribution in [3.8, 4) is 11.5 Å². The first-order valence-corrected chi connectivity index (χ1v) is 8.91. The molecule has 0 saturated carbocycles. The predicted octanol–water partition coefficient (Wildman–Crippen LogP) is 2.74. The number of nitrogens with zero attached hydrogens (tertiary/aromatic N) is 3. The molecule has 0 bridgehead atoms. The number of hydrogen-bond acceptors (Lipinski definition) is 7. The van der Waals surface area contributed by atoms with Crippen LogP contribution < -0.4 is 5.32 Å². The van der Waals surface area contributed by atoms with Crippen molar-refractivity contribution in [2.24, 2.45) is 0 Å². The number of nitrogens with one attached hydrogen (secondary N) is 1. The molecule has 1 saturated heterocycles. The van der Waals surface area contributed by atoms with Crippen LogP contribution in [0.3, 0.4) is 0 Å². The molecular formula is C19H20N4O4. The first-order chi connectivity index (χ1) is 13.2. The molecule has 8 heteroatoms. The topological polar surface area (TPSA) is 103 Å². The van der Waals surface area contributed by atoms with Crippen molar-refractivity contribution in [3.05, 3.63) is 53.5 Å². The van der Waals surface area contributed by atoms with Crippen LogP contribution >= 0.6 is 0 Å². The largest absolute Gasteiger partial charge is 0.441 e. The third kappa shape index (κ3) is 4.06. The number of oxazole rings is 1. The Kier molecular flexibility index (Phi) is 4.97. The normalized spacial score (nSPS) is 16.6. The molecule has 1 N–H and O–H groups in total. The quantitative estimate of drug-likeness (QED) is 0.713. The fraction of sp³-hybridized carbons (Fsp3) is 0.368. The van der Waals surface area contributed by atoms with Gasteiger partial charge in [-0.05, 0) is 31.9 Å². The molecule has 140 valence electrons. The van der Waals surface area contributed by atoms with E-state index in [1.165, 1.54) is 0 Å². The van der Waals surface area contributed by atoms with Gasteiger partial charge in [-0.25, -0.2) is 4.98 Å². The molecule has 2 aromatic heterocycles. The Morgan fingerprint density at radius 2 is 2.11 bits per heavy atom. The monoisotopic (exact) mass is 368 g/mol. The molecule has 27 heavy (non-hydrogen) atoms. The summed E-state index contributed by atoms with van der Waals surface area (Å²) in [6.07, 6.45) is 1.86. The molecule has 4 rings (SSSR count). The van der Waals surface area contributed by atoms with Gasteiger partial charge in [-0.1, -0.05) is 23.4 Å². The lowest BCUT2D eigenvalue weighted by Crippen LogP contribution is -2.25. The lowest BCUT2D eigenvalue weighted by Gasteiger charge is -2.01. The van der Waals surface area contributed by atoms with Crippen molar-refractivity contribution in [2.75, 3.05) is 6.61 Å². The van der Waals surface area contributed by atoms with E-state index in [-0.39, 0.29) is 25.0 Å². The standard InChI is InChI=1S/C19H20N4O4/c1-12-14(21-18(26-12)13-6-3-2-4-7-13)10-17(24)20-11-16-22-19(27-23-16)15-8-5-9-25-15/h2-4,6-7,15H,5,8-11H2,1H3,(H,20,24)/t15-/m0/s1. The van der Waals surface area contributed by atoms with Gasteiger partial charge in [0.25, 0.3) is 5.89 Å². The lowest BCUT2D eigenvalue weighted by molar-refractivity contribution is -0.120. The van der Waals surface area contributed by atoms with Gasteiger partial charge in [-0.2, -0.15) is 4.98 Å². The Balaban J connectivity index is 1.34. The molecule has 1 aliphatic heterocycles. The van der Waals surface area contributed by atoms with Crippen molar-refractivity contribution >= 4 is 5.91 Å². The molecule has 0 aliphatic carbocycles. The number of carbonyl (C=O) groups is 1. The summed E-state index contributed by atoms with van der Waals surface area (Å²) in [7, 11) is 0. The zero-order chi connectivity index (χ0) is 18.6. The maximum absolute atomic E-state index is 12.2. The van der Waals surface area contributed by atoms with Crippen molar-refractivity contribution in [2.45, 2.75) is 38.8 Å². The van der Waals surface area contributed by atoms with Gasteiger partial charge in [-0.3, -0.25) is 4.79 Å². The summed E-state index contributed by atoms with van der Waals surface area (Å²) < 4.78 is 16.4. The molecule has 3 aromatic rings. The van der Waals surface area contributed by atoms with E-state index in [1.54, 1.807) is 6.92 Å². The SMILES string of the molecule is Cc1oc(-c2ccccc2)nc1CC(=O)NCc1noc([C@@H]2CCCO2)n1. The van der Waals surface area contributed by atoms with Crippen LogP contribution in [0, 0.1) is 6.92 Å². The van der Waals surface area contributed by atoms with Crippen LogP contribution in [0.4, 0.5) is 0 Å². The summed E-state index contributed by atoms with van der Waals surface area (Å²) in [6, 6.07) is 9.58. The molecule has 1 aromatic carbocycles. The van der Waals surface area contributed by atoms with E-state index in [9.17, 15) is 4.79 Å². The highest BCUT2D eigenvalue weighted by Crippen LogP contribution is 2.26. The van der Waals surface area contributed by atoms with Crippen LogP contribution in [0.25, 0.3) is 11.5 Å². The second-order valence-corrected chi connectivity index (χ2v) is 6.39. The summed E-state index contributed by atoms with van der Waals surface area (Å²) in [6.45, 7) is 2.70.